The van der Waals surface area contributed by atoms with Gasteiger partial charge in [0.25, 0.3) is 0 Å². The maximum absolute atomic E-state index is 10.0. The Balaban J connectivity index is 1.23. The highest BCUT2D eigenvalue weighted by Gasteiger charge is 2.36. The Morgan fingerprint density at radius 2 is 1.00 bits per heavy atom. The molecular formula is C57H39N3. The molecule has 11 rings (SSSR count). The molecule has 1 aliphatic rings. The summed E-state index contributed by atoms with van der Waals surface area (Å²) >= 11 is 0. The van der Waals surface area contributed by atoms with Crippen LogP contribution in [0.4, 0.5) is 0 Å². The number of hydrogen-bond donors (Lipinski definition) is 0. The van der Waals surface area contributed by atoms with E-state index in [2.05, 4.69) is 200 Å². The fraction of sp³-hybridized carbons (Fsp3) is 0.0526. The Hall–Kier alpha value is -7.80. The second-order valence-corrected chi connectivity index (χ2v) is 16.3. The molecule has 3 nitrogen and oxygen atoms in total. The van der Waals surface area contributed by atoms with E-state index in [0.717, 1.165) is 67.1 Å². The van der Waals surface area contributed by atoms with Gasteiger partial charge in [0, 0.05) is 33.0 Å². The van der Waals surface area contributed by atoms with Crippen LogP contribution < -0.4 is 0 Å². The van der Waals surface area contributed by atoms with E-state index in [-0.39, 0.29) is 5.41 Å². The number of nitrogens with zero attached hydrogens (tertiary/aromatic N) is 3. The van der Waals surface area contributed by atoms with Crippen molar-refractivity contribution < 1.29 is 0 Å². The minimum Gasteiger partial charge on any atom is -0.309 e. The van der Waals surface area contributed by atoms with Crippen LogP contribution in [0.5, 0.6) is 0 Å². The Morgan fingerprint density at radius 3 is 1.73 bits per heavy atom. The fourth-order valence-electron chi connectivity index (χ4n) is 9.36. The van der Waals surface area contributed by atoms with E-state index in [1.807, 2.05) is 24.3 Å². The van der Waals surface area contributed by atoms with Crippen LogP contribution in [-0.4, -0.2) is 9.55 Å². The van der Waals surface area contributed by atoms with Crippen molar-refractivity contribution in [2.45, 2.75) is 19.3 Å². The molecule has 0 N–H and O–H groups in total. The summed E-state index contributed by atoms with van der Waals surface area (Å²) in [6.45, 7) is 4.70. The van der Waals surface area contributed by atoms with Gasteiger partial charge in [0.05, 0.1) is 34.1 Å². The van der Waals surface area contributed by atoms with Gasteiger partial charge in [0.1, 0.15) is 0 Å². The summed E-state index contributed by atoms with van der Waals surface area (Å²) in [5.41, 5.74) is 19.4. The third kappa shape index (κ3) is 5.84. The first-order valence-electron chi connectivity index (χ1n) is 20.5. The minimum atomic E-state index is -0.170. The van der Waals surface area contributed by atoms with Crippen LogP contribution in [0, 0.1) is 11.3 Å². The molecule has 2 aromatic heterocycles. The van der Waals surface area contributed by atoms with Crippen LogP contribution in [-0.2, 0) is 5.41 Å². The van der Waals surface area contributed by atoms with E-state index in [9.17, 15) is 5.26 Å². The van der Waals surface area contributed by atoms with Gasteiger partial charge in [-0.25, -0.2) is 4.98 Å². The molecule has 10 aromatic rings. The van der Waals surface area contributed by atoms with Gasteiger partial charge in [-0.05, 0) is 116 Å². The van der Waals surface area contributed by atoms with Gasteiger partial charge in [-0.15, -0.1) is 0 Å². The molecule has 1 aliphatic carbocycles. The zero-order chi connectivity index (χ0) is 40.4. The minimum absolute atomic E-state index is 0.170. The number of fused-ring (bicyclic) bond motifs is 6. The van der Waals surface area contributed by atoms with Gasteiger partial charge < -0.3 is 4.57 Å². The van der Waals surface area contributed by atoms with E-state index in [1.54, 1.807) is 0 Å². The number of benzene rings is 8. The molecule has 0 aliphatic heterocycles. The third-order valence-electron chi connectivity index (χ3n) is 12.4. The van der Waals surface area contributed by atoms with Gasteiger partial charge in [-0.1, -0.05) is 153 Å². The predicted molar refractivity (Wildman–Crippen MR) is 248 cm³/mol. The molecule has 0 atom stereocenters. The maximum atomic E-state index is 10.0. The van der Waals surface area contributed by atoms with E-state index in [0.29, 0.717) is 5.56 Å². The third-order valence-corrected chi connectivity index (χ3v) is 12.4. The molecule has 0 radical (unpaired) electrons. The average Bonchev–Trinajstić information content (AvgIpc) is 3.75. The van der Waals surface area contributed by atoms with Crippen LogP contribution >= 0.6 is 0 Å². The van der Waals surface area contributed by atoms with Crippen molar-refractivity contribution in [2.24, 2.45) is 0 Å². The van der Waals surface area contributed by atoms with Crippen molar-refractivity contribution in [2.75, 3.05) is 0 Å². The standard InChI is InChI=1S/C57H39N3/c1-57(2)51-24-13-12-23-47(51)49-34-50-48-26-25-42(38-16-6-3-7-17-38)33-55(48)60(56(50)35-52(49)57)46-29-43(41-22-14-15-37(27-41)36-58)28-45(30-46)54-32-44(39-18-8-4-9-19-39)31-53(59-54)40-20-10-5-11-21-40/h3-35H,1-2H3. The van der Waals surface area contributed by atoms with E-state index in [4.69, 9.17) is 4.98 Å². The lowest BCUT2D eigenvalue weighted by Crippen LogP contribution is -2.15. The SMILES string of the molecule is CC1(C)c2ccccc2-c2cc3c4ccc(-c5ccccc5)cc4n(-c4cc(-c5cccc(C#N)c5)cc(-c5cc(-c6ccccc6)cc(-c6ccccc6)n5)c4)c3cc21. The summed E-state index contributed by atoms with van der Waals surface area (Å²) in [6.07, 6.45) is 0. The van der Waals surface area contributed by atoms with Crippen LogP contribution in [0.25, 0.3) is 94.5 Å². The first-order valence-corrected chi connectivity index (χ1v) is 20.5. The lowest BCUT2D eigenvalue weighted by molar-refractivity contribution is 0.661. The molecule has 8 aromatic carbocycles. The van der Waals surface area contributed by atoms with Crippen LogP contribution in [0.15, 0.2) is 200 Å². The predicted octanol–water partition coefficient (Wildman–Crippen LogP) is 14.7. The zero-order valence-electron chi connectivity index (χ0n) is 33.4. The van der Waals surface area contributed by atoms with Crippen molar-refractivity contribution >= 4 is 21.8 Å². The Morgan fingerprint density at radius 1 is 0.417 bits per heavy atom. The summed E-state index contributed by atoms with van der Waals surface area (Å²) < 4.78 is 2.46. The second-order valence-electron chi connectivity index (χ2n) is 16.3. The molecule has 2 heterocycles. The summed E-state index contributed by atoms with van der Waals surface area (Å²) in [7, 11) is 0. The topological polar surface area (TPSA) is 41.6 Å². The highest BCUT2D eigenvalue weighted by molar-refractivity contribution is 6.12. The molecule has 0 unspecified atom stereocenters. The Kier molecular flexibility index (Phi) is 8.22. The monoisotopic (exact) mass is 765 g/mol. The molecule has 0 amide bonds. The summed E-state index contributed by atoms with van der Waals surface area (Å²) in [6, 6.07) is 73.7. The second kappa shape index (κ2) is 13.9. The molecule has 0 fully saturated rings. The molecule has 0 spiro atoms. The quantitative estimate of drug-likeness (QED) is 0.169. The van der Waals surface area contributed by atoms with Crippen molar-refractivity contribution in [3.05, 3.63) is 217 Å². The molecule has 0 saturated heterocycles. The van der Waals surface area contributed by atoms with E-state index >= 15 is 0 Å². The van der Waals surface area contributed by atoms with Crippen LogP contribution in [0.3, 0.4) is 0 Å². The molecule has 0 saturated carbocycles. The zero-order valence-corrected chi connectivity index (χ0v) is 33.4. The first-order chi connectivity index (χ1) is 29.4. The van der Waals surface area contributed by atoms with Crippen molar-refractivity contribution in [3.8, 4) is 78.8 Å². The Bertz CT molecular complexity index is 3270. The van der Waals surface area contributed by atoms with Gasteiger partial charge in [-0.3, -0.25) is 0 Å². The highest BCUT2D eigenvalue weighted by Crippen LogP contribution is 2.51. The van der Waals surface area contributed by atoms with Crippen molar-refractivity contribution in [1.82, 2.24) is 9.55 Å². The molecule has 3 heteroatoms. The van der Waals surface area contributed by atoms with Gasteiger partial charge in [0.2, 0.25) is 0 Å². The van der Waals surface area contributed by atoms with Crippen LogP contribution in [0.2, 0.25) is 0 Å². The summed E-state index contributed by atoms with van der Waals surface area (Å²) in [4.78, 5) is 5.40. The molecule has 0 bridgehead atoms. The average molecular weight is 766 g/mol. The maximum Gasteiger partial charge on any atom is 0.0991 e. The van der Waals surface area contributed by atoms with Gasteiger partial charge in [-0.2, -0.15) is 5.26 Å². The summed E-state index contributed by atoms with van der Waals surface area (Å²) in [5, 5.41) is 12.4. The molecule has 282 valence electrons. The number of aromatic nitrogens is 2. The fourth-order valence-corrected chi connectivity index (χ4v) is 9.36. The van der Waals surface area contributed by atoms with E-state index < -0.39 is 0 Å². The number of rotatable bonds is 6. The lowest BCUT2D eigenvalue weighted by atomic mass is 9.82. The smallest absolute Gasteiger partial charge is 0.0991 e. The van der Waals surface area contributed by atoms with Crippen molar-refractivity contribution in [1.29, 1.82) is 5.26 Å². The van der Waals surface area contributed by atoms with Crippen LogP contribution in [0.1, 0.15) is 30.5 Å². The van der Waals surface area contributed by atoms with E-state index in [1.165, 1.54) is 38.6 Å². The number of pyridine rings is 1. The Labute approximate surface area is 350 Å². The van der Waals surface area contributed by atoms with Gasteiger partial charge in [0.15, 0.2) is 0 Å². The summed E-state index contributed by atoms with van der Waals surface area (Å²) in [5.74, 6) is 0. The molecule has 60 heavy (non-hydrogen) atoms. The van der Waals surface area contributed by atoms with Crippen molar-refractivity contribution in [3.63, 3.8) is 0 Å². The normalized spacial score (nSPS) is 12.6. The van der Waals surface area contributed by atoms with Gasteiger partial charge >= 0.3 is 0 Å². The number of nitriles is 1. The molecular weight excluding hydrogens is 727 g/mol. The number of hydrogen-bond acceptors (Lipinski definition) is 2. The first kappa shape index (κ1) is 35.4. The largest absolute Gasteiger partial charge is 0.309 e. The lowest BCUT2D eigenvalue weighted by Gasteiger charge is -2.22. The highest BCUT2D eigenvalue weighted by atomic mass is 15.0.